The predicted octanol–water partition coefficient (Wildman–Crippen LogP) is 1.16. The number of halogens is 2. The minimum Gasteiger partial charge on any atom is -0.478 e. The van der Waals surface area contributed by atoms with Crippen LogP contribution in [0.1, 0.15) is 10.4 Å². The Bertz CT molecular complexity index is 300. The van der Waals surface area contributed by atoms with Crippen LogP contribution < -0.4 is 0 Å². The van der Waals surface area contributed by atoms with Crippen LogP contribution in [-0.2, 0) is 6.54 Å². The van der Waals surface area contributed by atoms with Crippen LogP contribution >= 0.6 is 22.6 Å². The Labute approximate surface area is 81.5 Å². The van der Waals surface area contributed by atoms with Gasteiger partial charge in [0.2, 0.25) is 0 Å². The summed E-state index contributed by atoms with van der Waals surface area (Å²) < 4.78 is 13.5. The van der Waals surface area contributed by atoms with Crippen LogP contribution in [0.3, 0.4) is 0 Å². The van der Waals surface area contributed by atoms with E-state index in [2.05, 4.69) is 5.10 Å². The molecule has 12 heavy (non-hydrogen) atoms. The third-order valence-electron chi connectivity index (χ3n) is 1.26. The Kier molecular flexibility index (Phi) is 3.01. The molecular weight excluding hydrogens is 278 g/mol. The fourth-order valence-corrected chi connectivity index (χ4v) is 1.39. The molecule has 0 radical (unpaired) electrons. The smallest absolute Gasteiger partial charge is 0.340 e. The van der Waals surface area contributed by atoms with Gasteiger partial charge in [0, 0.05) is 6.20 Å². The van der Waals surface area contributed by atoms with Crippen molar-refractivity contribution in [2.45, 2.75) is 6.54 Å². The van der Waals surface area contributed by atoms with Crippen LogP contribution in [0.25, 0.3) is 0 Å². The quantitative estimate of drug-likeness (QED) is 0.847. The minimum absolute atomic E-state index is 0.100. The second-order valence-corrected chi connectivity index (χ2v) is 3.11. The summed E-state index contributed by atoms with van der Waals surface area (Å²) in [7, 11) is 0. The molecule has 0 unspecified atom stereocenters. The van der Waals surface area contributed by atoms with Gasteiger partial charge in [-0.05, 0) is 22.6 Å². The molecule has 66 valence electrons. The van der Waals surface area contributed by atoms with Crippen LogP contribution in [-0.4, -0.2) is 27.5 Å². The molecule has 0 bridgehead atoms. The number of hydrogen-bond acceptors (Lipinski definition) is 2. The summed E-state index contributed by atoms with van der Waals surface area (Å²) in [5.41, 5.74) is 0.115. The van der Waals surface area contributed by atoms with Crippen LogP contribution in [0.5, 0.6) is 0 Å². The number of carboxylic acids is 1. The maximum Gasteiger partial charge on any atom is 0.340 e. The molecule has 1 aromatic rings. The van der Waals surface area contributed by atoms with Crippen molar-refractivity contribution in [3.05, 3.63) is 15.5 Å². The second-order valence-electron chi connectivity index (χ2n) is 2.09. The SMILES string of the molecule is O=C(O)c1cn(CCF)nc1I. The molecule has 0 aliphatic carbocycles. The molecular formula is C6H6FIN2O2. The first-order valence-electron chi connectivity index (χ1n) is 3.17. The maximum absolute atomic E-state index is 11.8. The summed E-state index contributed by atoms with van der Waals surface area (Å²) in [4.78, 5) is 10.5. The summed E-state index contributed by atoms with van der Waals surface area (Å²) >= 11 is 1.80. The highest BCUT2D eigenvalue weighted by Gasteiger charge is 2.12. The Morgan fingerprint density at radius 1 is 1.83 bits per heavy atom. The van der Waals surface area contributed by atoms with Gasteiger partial charge in [-0.2, -0.15) is 5.10 Å². The van der Waals surface area contributed by atoms with E-state index < -0.39 is 12.6 Å². The summed E-state index contributed by atoms with van der Waals surface area (Å²) in [5.74, 6) is -1.04. The first-order chi connectivity index (χ1) is 5.65. The molecule has 0 saturated carbocycles. The van der Waals surface area contributed by atoms with Crippen molar-refractivity contribution in [3.63, 3.8) is 0 Å². The number of hydrogen-bond donors (Lipinski definition) is 1. The Hall–Kier alpha value is -0.660. The van der Waals surface area contributed by atoms with Crippen LogP contribution in [0.15, 0.2) is 6.20 Å². The van der Waals surface area contributed by atoms with Gasteiger partial charge in [-0.15, -0.1) is 0 Å². The third-order valence-corrected chi connectivity index (χ3v) is 2.06. The summed E-state index contributed by atoms with van der Waals surface area (Å²) in [6, 6.07) is 0. The van der Waals surface area contributed by atoms with E-state index in [0.29, 0.717) is 3.70 Å². The van der Waals surface area contributed by atoms with Gasteiger partial charge >= 0.3 is 5.97 Å². The number of nitrogens with zero attached hydrogens (tertiary/aromatic N) is 2. The van der Waals surface area contributed by atoms with Crippen molar-refractivity contribution in [1.29, 1.82) is 0 Å². The molecule has 1 heterocycles. The van der Waals surface area contributed by atoms with Gasteiger partial charge < -0.3 is 5.11 Å². The average Bonchev–Trinajstić information content (AvgIpc) is 2.32. The fraction of sp³-hybridized carbons (Fsp3) is 0.333. The first-order valence-corrected chi connectivity index (χ1v) is 4.25. The summed E-state index contributed by atoms with van der Waals surface area (Å²) in [6.45, 7) is -0.444. The molecule has 6 heteroatoms. The topological polar surface area (TPSA) is 55.1 Å². The largest absolute Gasteiger partial charge is 0.478 e. The van der Waals surface area contributed by atoms with Gasteiger partial charge in [0.15, 0.2) is 0 Å². The van der Waals surface area contributed by atoms with Crippen molar-refractivity contribution >= 4 is 28.6 Å². The van der Waals surface area contributed by atoms with Gasteiger partial charge in [0.05, 0.1) is 6.54 Å². The minimum atomic E-state index is -1.04. The molecule has 0 atom stereocenters. The maximum atomic E-state index is 11.8. The Balaban J connectivity index is 2.92. The van der Waals surface area contributed by atoms with E-state index in [9.17, 15) is 9.18 Å². The average molecular weight is 284 g/mol. The molecule has 0 amide bonds. The van der Waals surface area contributed by atoms with Gasteiger partial charge in [-0.25, -0.2) is 9.18 Å². The van der Waals surface area contributed by atoms with Crippen LogP contribution in [0, 0.1) is 3.70 Å². The van der Waals surface area contributed by atoms with Gasteiger partial charge in [0.1, 0.15) is 15.9 Å². The molecule has 0 fully saturated rings. The van der Waals surface area contributed by atoms with Crippen LogP contribution in [0.2, 0.25) is 0 Å². The van der Waals surface area contributed by atoms with Gasteiger partial charge in [0.25, 0.3) is 0 Å². The van der Waals surface area contributed by atoms with E-state index in [4.69, 9.17) is 5.11 Å². The Morgan fingerprint density at radius 2 is 2.50 bits per heavy atom. The highest BCUT2D eigenvalue weighted by atomic mass is 127. The molecule has 1 rings (SSSR count). The summed E-state index contributed by atoms with van der Waals surface area (Å²) in [6.07, 6.45) is 1.32. The number of carboxylic acid groups (broad SMARTS) is 1. The lowest BCUT2D eigenvalue weighted by molar-refractivity contribution is 0.0695. The summed E-state index contributed by atoms with van der Waals surface area (Å²) in [5, 5.41) is 12.4. The lowest BCUT2D eigenvalue weighted by Gasteiger charge is -1.91. The molecule has 0 aliphatic rings. The lowest BCUT2D eigenvalue weighted by atomic mass is 10.4. The molecule has 0 aromatic carbocycles. The molecule has 1 N–H and O–H groups in total. The lowest BCUT2D eigenvalue weighted by Crippen LogP contribution is -1.99. The van der Waals surface area contributed by atoms with E-state index in [1.165, 1.54) is 10.9 Å². The monoisotopic (exact) mass is 284 g/mol. The highest BCUT2D eigenvalue weighted by molar-refractivity contribution is 14.1. The van der Waals surface area contributed by atoms with E-state index in [1.807, 2.05) is 0 Å². The van der Waals surface area contributed by atoms with Crippen molar-refractivity contribution in [2.75, 3.05) is 6.67 Å². The van der Waals surface area contributed by atoms with E-state index in [1.54, 1.807) is 22.6 Å². The fourth-order valence-electron chi connectivity index (χ4n) is 0.742. The normalized spacial score (nSPS) is 10.2. The second kappa shape index (κ2) is 3.83. The first kappa shape index (κ1) is 9.43. The van der Waals surface area contributed by atoms with Gasteiger partial charge in [-0.1, -0.05) is 0 Å². The zero-order valence-electron chi connectivity index (χ0n) is 6.00. The van der Waals surface area contributed by atoms with Crippen molar-refractivity contribution in [1.82, 2.24) is 9.78 Å². The number of aryl methyl sites for hydroxylation is 1. The molecule has 0 saturated heterocycles. The molecule has 0 aliphatic heterocycles. The highest BCUT2D eigenvalue weighted by Crippen LogP contribution is 2.09. The van der Waals surface area contributed by atoms with E-state index >= 15 is 0 Å². The number of aromatic carboxylic acids is 1. The number of alkyl halides is 1. The Morgan fingerprint density at radius 3 is 2.92 bits per heavy atom. The predicted molar refractivity (Wildman–Crippen MR) is 47.9 cm³/mol. The molecule has 1 aromatic heterocycles. The van der Waals surface area contributed by atoms with Gasteiger partial charge in [-0.3, -0.25) is 4.68 Å². The number of aromatic nitrogens is 2. The van der Waals surface area contributed by atoms with E-state index in [-0.39, 0.29) is 12.1 Å². The van der Waals surface area contributed by atoms with Crippen molar-refractivity contribution in [3.8, 4) is 0 Å². The number of carbonyl (C=O) groups is 1. The third kappa shape index (κ3) is 1.93. The zero-order chi connectivity index (χ0) is 9.14. The molecule has 4 nitrogen and oxygen atoms in total. The van der Waals surface area contributed by atoms with E-state index in [0.717, 1.165) is 0 Å². The zero-order valence-corrected chi connectivity index (χ0v) is 8.15. The van der Waals surface area contributed by atoms with Crippen LogP contribution in [0.4, 0.5) is 4.39 Å². The standard InChI is InChI=1S/C6H6FIN2O2/c7-1-2-10-3-4(6(11)12)5(8)9-10/h3H,1-2H2,(H,11,12). The number of rotatable bonds is 3. The van der Waals surface area contributed by atoms with Crippen molar-refractivity contribution < 1.29 is 14.3 Å². The van der Waals surface area contributed by atoms with Crippen molar-refractivity contribution in [2.24, 2.45) is 0 Å². The molecule has 0 spiro atoms.